The van der Waals surface area contributed by atoms with E-state index in [4.69, 9.17) is 0 Å². The predicted molar refractivity (Wildman–Crippen MR) is 50.5 cm³/mol. The molecule has 4 unspecified atom stereocenters. The summed E-state index contributed by atoms with van der Waals surface area (Å²) in [4.78, 5) is 0. The Balaban J connectivity index is 2.10. The highest BCUT2D eigenvalue weighted by Gasteiger charge is 2.42. The maximum Gasteiger partial charge on any atom is 0.00605 e. The maximum absolute atomic E-state index is 3.86. The first-order valence-electron chi connectivity index (χ1n) is 4.61. The molecule has 3 rings (SSSR count). The molecule has 3 aliphatic rings. The van der Waals surface area contributed by atoms with Gasteiger partial charge in [-0.2, -0.15) is 0 Å². The van der Waals surface area contributed by atoms with Crippen molar-refractivity contribution in [2.75, 3.05) is 0 Å². The van der Waals surface area contributed by atoms with Gasteiger partial charge in [0.05, 0.1) is 0 Å². The van der Waals surface area contributed by atoms with Gasteiger partial charge in [-0.15, -0.1) is 0 Å². The van der Waals surface area contributed by atoms with Crippen LogP contribution in [0.4, 0.5) is 0 Å². The monoisotopic (exact) mass is 156 g/mol. The lowest BCUT2D eigenvalue weighted by molar-refractivity contribution is 0.414. The Morgan fingerprint density at radius 2 is 1.83 bits per heavy atom. The molecule has 0 fully saturated rings. The van der Waals surface area contributed by atoms with Crippen molar-refractivity contribution >= 4 is 0 Å². The molecule has 0 heteroatoms. The predicted octanol–water partition coefficient (Wildman–Crippen LogP) is 2.72. The Morgan fingerprint density at radius 1 is 1.08 bits per heavy atom. The molecule has 0 saturated heterocycles. The van der Waals surface area contributed by atoms with Crippen molar-refractivity contribution < 1.29 is 0 Å². The fourth-order valence-electron chi connectivity index (χ4n) is 2.85. The molecule has 3 aliphatic carbocycles. The van der Waals surface area contributed by atoms with Crippen LogP contribution in [0.3, 0.4) is 0 Å². The third kappa shape index (κ3) is 0.592. The van der Waals surface area contributed by atoms with Crippen LogP contribution in [0.1, 0.15) is 0 Å². The number of rotatable bonds is 1. The molecular weight excluding hydrogens is 144 g/mol. The van der Waals surface area contributed by atoms with Crippen LogP contribution in [-0.4, -0.2) is 0 Å². The van der Waals surface area contributed by atoms with Crippen LogP contribution >= 0.6 is 0 Å². The van der Waals surface area contributed by atoms with Crippen molar-refractivity contribution in [1.82, 2.24) is 0 Å². The van der Waals surface area contributed by atoms with Crippen molar-refractivity contribution in [3.05, 3.63) is 48.6 Å². The zero-order chi connectivity index (χ0) is 8.13. The standard InChI is InChI=1S/C12H12/c1-2-8-7-10-4-3-9-5-6-11(8)12(9)10/h2-7,9-12H,1H2. The van der Waals surface area contributed by atoms with Gasteiger partial charge in [0.25, 0.3) is 0 Å². The quantitative estimate of drug-likeness (QED) is 0.512. The van der Waals surface area contributed by atoms with Crippen LogP contribution in [0.5, 0.6) is 0 Å². The lowest BCUT2D eigenvalue weighted by atomic mass is 9.87. The summed E-state index contributed by atoms with van der Waals surface area (Å²) in [5.41, 5.74) is 1.44. The van der Waals surface area contributed by atoms with Crippen LogP contribution in [0.2, 0.25) is 0 Å². The molecule has 0 aromatic rings. The van der Waals surface area contributed by atoms with Crippen LogP contribution in [-0.2, 0) is 0 Å². The Labute approximate surface area is 73.0 Å². The first-order chi connectivity index (χ1) is 5.90. The molecule has 12 heavy (non-hydrogen) atoms. The van der Waals surface area contributed by atoms with Crippen molar-refractivity contribution in [3.63, 3.8) is 0 Å². The molecule has 0 nitrogen and oxygen atoms in total. The summed E-state index contributed by atoms with van der Waals surface area (Å²) in [6.45, 7) is 3.86. The van der Waals surface area contributed by atoms with Crippen molar-refractivity contribution in [2.24, 2.45) is 23.7 Å². The van der Waals surface area contributed by atoms with E-state index in [1.54, 1.807) is 0 Å². The van der Waals surface area contributed by atoms with Gasteiger partial charge in [-0.1, -0.05) is 43.0 Å². The second kappa shape index (κ2) is 2.01. The minimum Gasteiger partial charge on any atom is -0.0988 e. The van der Waals surface area contributed by atoms with Gasteiger partial charge >= 0.3 is 0 Å². The second-order valence-corrected chi connectivity index (χ2v) is 3.90. The maximum atomic E-state index is 3.86. The van der Waals surface area contributed by atoms with E-state index in [-0.39, 0.29) is 0 Å². The molecule has 0 amide bonds. The number of hydrogen-bond acceptors (Lipinski definition) is 0. The van der Waals surface area contributed by atoms with Crippen molar-refractivity contribution in [1.29, 1.82) is 0 Å². The van der Waals surface area contributed by atoms with E-state index in [9.17, 15) is 0 Å². The van der Waals surface area contributed by atoms with E-state index in [1.165, 1.54) is 5.57 Å². The third-order valence-corrected chi connectivity index (χ3v) is 3.41. The highest BCUT2D eigenvalue weighted by atomic mass is 14.5. The zero-order valence-electron chi connectivity index (χ0n) is 6.98. The second-order valence-electron chi connectivity index (χ2n) is 3.90. The normalized spacial score (nSPS) is 46.5. The van der Waals surface area contributed by atoms with Gasteiger partial charge < -0.3 is 0 Å². The fraction of sp³-hybridized carbons (Fsp3) is 0.333. The molecule has 60 valence electrons. The van der Waals surface area contributed by atoms with Crippen molar-refractivity contribution in [2.45, 2.75) is 0 Å². The van der Waals surface area contributed by atoms with Crippen LogP contribution in [0.25, 0.3) is 0 Å². The summed E-state index contributed by atoms with van der Waals surface area (Å²) >= 11 is 0. The molecule has 0 spiro atoms. The van der Waals surface area contributed by atoms with Crippen LogP contribution in [0.15, 0.2) is 48.6 Å². The molecule has 0 heterocycles. The summed E-state index contributed by atoms with van der Waals surface area (Å²) in [5.74, 6) is 2.90. The lowest BCUT2D eigenvalue weighted by Crippen LogP contribution is -2.12. The smallest absolute Gasteiger partial charge is 0.00605 e. The Hall–Kier alpha value is -1.04. The molecule has 0 aliphatic heterocycles. The molecule has 4 atom stereocenters. The first kappa shape index (κ1) is 6.47. The molecule has 0 radical (unpaired) electrons. The fourth-order valence-corrected chi connectivity index (χ4v) is 2.85. The topological polar surface area (TPSA) is 0 Å². The van der Waals surface area contributed by atoms with Gasteiger partial charge in [0.15, 0.2) is 0 Å². The van der Waals surface area contributed by atoms with Gasteiger partial charge in [0, 0.05) is 5.92 Å². The number of hydrogen-bond donors (Lipinski definition) is 0. The summed E-state index contributed by atoms with van der Waals surface area (Å²) in [6, 6.07) is 0. The number of allylic oxidation sites excluding steroid dienone is 7. The van der Waals surface area contributed by atoms with E-state index in [0.29, 0.717) is 17.8 Å². The Morgan fingerprint density at radius 3 is 2.67 bits per heavy atom. The average Bonchev–Trinajstić information content (AvgIpc) is 2.72. The molecule has 0 bridgehead atoms. The Bertz CT molecular complexity index is 317. The average molecular weight is 156 g/mol. The molecular formula is C12H12. The van der Waals surface area contributed by atoms with Gasteiger partial charge in [0.1, 0.15) is 0 Å². The zero-order valence-corrected chi connectivity index (χ0v) is 6.98. The van der Waals surface area contributed by atoms with E-state index in [0.717, 1.165) is 5.92 Å². The van der Waals surface area contributed by atoms with Gasteiger partial charge in [-0.3, -0.25) is 0 Å². The molecule has 0 saturated carbocycles. The SMILES string of the molecule is C=CC1=CC2C=CC3C=CC1C32. The minimum absolute atomic E-state index is 0.674. The van der Waals surface area contributed by atoms with E-state index >= 15 is 0 Å². The minimum atomic E-state index is 0.674. The summed E-state index contributed by atoms with van der Waals surface area (Å²) in [7, 11) is 0. The highest BCUT2D eigenvalue weighted by molar-refractivity contribution is 5.41. The van der Waals surface area contributed by atoms with Crippen molar-refractivity contribution in [3.8, 4) is 0 Å². The van der Waals surface area contributed by atoms with Gasteiger partial charge in [-0.25, -0.2) is 0 Å². The highest BCUT2D eigenvalue weighted by Crippen LogP contribution is 2.51. The largest absolute Gasteiger partial charge is 0.0988 e. The summed E-state index contributed by atoms with van der Waals surface area (Å²) in [6.07, 6.45) is 13.8. The van der Waals surface area contributed by atoms with E-state index in [2.05, 4.69) is 37.0 Å². The molecule has 0 N–H and O–H groups in total. The molecule has 0 aromatic heterocycles. The van der Waals surface area contributed by atoms with Crippen LogP contribution in [0, 0.1) is 23.7 Å². The summed E-state index contributed by atoms with van der Waals surface area (Å²) < 4.78 is 0. The van der Waals surface area contributed by atoms with E-state index in [1.807, 2.05) is 6.08 Å². The van der Waals surface area contributed by atoms with Gasteiger partial charge in [-0.05, 0) is 23.3 Å². The first-order valence-corrected chi connectivity index (χ1v) is 4.61. The molecule has 0 aromatic carbocycles. The van der Waals surface area contributed by atoms with Gasteiger partial charge in [0.2, 0.25) is 0 Å². The lowest BCUT2D eigenvalue weighted by Gasteiger charge is -2.15. The third-order valence-electron chi connectivity index (χ3n) is 3.41. The Kier molecular flexibility index (Phi) is 1.08. The van der Waals surface area contributed by atoms with Crippen LogP contribution < -0.4 is 0 Å². The summed E-state index contributed by atoms with van der Waals surface area (Å²) in [5, 5.41) is 0. The van der Waals surface area contributed by atoms with E-state index < -0.39 is 0 Å².